The maximum absolute atomic E-state index is 11.2. The van der Waals surface area contributed by atoms with E-state index in [1.807, 2.05) is 13.8 Å². The number of hydrogen-bond donors (Lipinski definition) is 0. The van der Waals surface area contributed by atoms with Crippen molar-refractivity contribution >= 4 is 23.3 Å². The quantitative estimate of drug-likeness (QED) is 0.382. The molecule has 0 bridgehead atoms. The number of hydrogen-bond acceptors (Lipinski definition) is 4. The largest absolute Gasteiger partial charge is 0.464 e. The first-order valence-electron chi connectivity index (χ1n) is 3.87. The third kappa shape index (κ3) is 3.60. The molecule has 0 saturated carbocycles. The molecule has 4 heteroatoms. The molecule has 0 rings (SSSR count). The fourth-order valence-corrected chi connectivity index (χ4v) is 0.872. The van der Waals surface area contributed by atoms with Gasteiger partial charge in [0.1, 0.15) is 0 Å². The molecule has 0 spiro atoms. The van der Waals surface area contributed by atoms with Gasteiger partial charge in [-0.25, -0.2) is 9.79 Å². The molecule has 12 heavy (non-hydrogen) atoms. The molecular weight excluding hydrogens is 174 g/mol. The Kier molecular flexibility index (Phi) is 5.51. The van der Waals surface area contributed by atoms with Gasteiger partial charge in [-0.3, -0.25) is 0 Å². The number of thiocarbonyl (C=S) groups is 1. The minimum Gasteiger partial charge on any atom is -0.464 e. The lowest BCUT2D eigenvalue weighted by Gasteiger charge is -2.12. The van der Waals surface area contributed by atoms with E-state index in [9.17, 15) is 4.79 Å². The average Bonchev–Trinajstić information content (AvgIpc) is 1.99. The lowest BCUT2D eigenvalue weighted by molar-refractivity contribution is -0.145. The number of aliphatic imine (C=N–C) groups is 1. The first-order chi connectivity index (χ1) is 5.63. The van der Waals surface area contributed by atoms with E-state index in [1.54, 1.807) is 6.92 Å². The summed E-state index contributed by atoms with van der Waals surface area (Å²) in [5.41, 5.74) is 0. The van der Waals surface area contributed by atoms with Crippen molar-refractivity contribution in [2.24, 2.45) is 10.9 Å². The van der Waals surface area contributed by atoms with Crippen molar-refractivity contribution in [1.82, 2.24) is 0 Å². The number of rotatable bonds is 4. The van der Waals surface area contributed by atoms with Gasteiger partial charge in [0, 0.05) is 0 Å². The molecule has 0 radical (unpaired) electrons. The monoisotopic (exact) mass is 187 g/mol. The SMILES string of the molecule is CCOC(=O)[C@@H](N=C=S)C(C)C. The third-order valence-electron chi connectivity index (χ3n) is 1.35. The topological polar surface area (TPSA) is 38.7 Å². The lowest BCUT2D eigenvalue weighted by Crippen LogP contribution is -2.26. The maximum Gasteiger partial charge on any atom is 0.331 e. The summed E-state index contributed by atoms with van der Waals surface area (Å²) in [6.45, 7) is 5.90. The van der Waals surface area contributed by atoms with Crippen LogP contribution in [0.5, 0.6) is 0 Å². The van der Waals surface area contributed by atoms with Crippen molar-refractivity contribution < 1.29 is 9.53 Å². The Balaban J connectivity index is 4.29. The number of esters is 1. The van der Waals surface area contributed by atoms with Crippen molar-refractivity contribution in [2.45, 2.75) is 26.8 Å². The molecular formula is C8H13NO2S. The Bertz CT molecular complexity index is 197. The van der Waals surface area contributed by atoms with E-state index in [4.69, 9.17) is 4.74 Å². The van der Waals surface area contributed by atoms with Gasteiger partial charge in [0.05, 0.1) is 11.8 Å². The molecule has 0 heterocycles. The number of isothiocyanates is 1. The molecule has 0 aliphatic heterocycles. The Morgan fingerprint density at radius 1 is 1.67 bits per heavy atom. The fraction of sp³-hybridized carbons (Fsp3) is 0.750. The lowest BCUT2D eigenvalue weighted by atomic mass is 10.1. The molecule has 0 unspecified atom stereocenters. The molecule has 0 N–H and O–H groups in total. The van der Waals surface area contributed by atoms with E-state index in [2.05, 4.69) is 22.4 Å². The van der Waals surface area contributed by atoms with Gasteiger partial charge in [0.15, 0.2) is 6.04 Å². The number of carbonyl (C=O) groups is 1. The van der Waals surface area contributed by atoms with E-state index < -0.39 is 6.04 Å². The zero-order valence-electron chi connectivity index (χ0n) is 7.53. The Labute approximate surface area is 77.8 Å². The first kappa shape index (κ1) is 11.3. The molecule has 3 nitrogen and oxygen atoms in total. The third-order valence-corrected chi connectivity index (χ3v) is 1.46. The van der Waals surface area contributed by atoms with Gasteiger partial charge < -0.3 is 4.74 Å². The Morgan fingerprint density at radius 3 is 2.58 bits per heavy atom. The summed E-state index contributed by atoms with van der Waals surface area (Å²) in [7, 11) is 0. The standard InChI is InChI=1S/C8H13NO2S/c1-4-11-8(10)7(6(2)3)9-5-12/h6-7H,4H2,1-3H3/t7-/m0/s1. The number of nitrogens with zero attached hydrogens (tertiary/aromatic N) is 1. The van der Waals surface area contributed by atoms with Gasteiger partial charge in [-0.05, 0) is 25.1 Å². The molecule has 0 aromatic rings. The van der Waals surface area contributed by atoms with Crippen LogP contribution >= 0.6 is 12.2 Å². The van der Waals surface area contributed by atoms with E-state index in [0.29, 0.717) is 6.61 Å². The van der Waals surface area contributed by atoms with Crippen LogP contribution in [0.15, 0.2) is 4.99 Å². The summed E-state index contributed by atoms with van der Waals surface area (Å²) in [4.78, 5) is 14.9. The van der Waals surface area contributed by atoms with Crippen LogP contribution in [0.4, 0.5) is 0 Å². The molecule has 1 atom stereocenters. The van der Waals surface area contributed by atoms with E-state index in [-0.39, 0.29) is 11.9 Å². The molecule has 68 valence electrons. The molecule has 0 saturated heterocycles. The summed E-state index contributed by atoms with van der Waals surface area (Å²) in [6.07, 6.45) is 0. The predicted molar refractivity (Wildman–Crippen MR) is 50.3 cm³/mol. The number of ether oxygens (including phenoxy) is 1. The first-order valence-corrected chi connectivity index (χ1v) is 4.27. The van der Waals surface area contributed by atoms with Gasteiger partial charge in [-0.1, -0.05) is 13.8 Å². The predicted octanol–water partition coefficient (Wildman–Crippen LogP) is 1.68. The second-order valence-corrected chi connectivity index (χ2v) is 2.84. The minimum absolute atomic E-state index is 0.0968. The van der Waals surface area contributed by atoms with E-state index >= 15 is 0 Å². The smallest absolute Gasteiger partial charge is 0.331 e. The maximum atomic E-state index is 11.2. The summed E-state index contributed by atoms with van der Waals surface area (Å²) in [5, 5.41) is 2.20. The highest BCUT2D eigenvalue weighted by atomic mass is 32.1. The highest BCUT2D eigenvalue weighted by Gasteiger charge is 2.21. The highest BCUT2D eigenvalue weighted by Crippen LogP contribution is 2.07. The van der Waals surface area contributed by atoms with Gasteiger partial charge in [-0.15, -0.1) is 0 Å². The zero-order valence-corrected chi connectivity index (χ0v) is 8.35. The van der Waals surface area contributed by atoms with Gasteiger partial charge in [0.2, 0.25) is 0 Å². The fourth-order valence-electron chi connectivity index (χ4n) is 0.758. The van der Waals surface area contributed by atoms with E-state index in [0.717, 1.165) is 0 Å². The molecule has 0 aromatic carbocycles. The molecule has 0 aliphatic carbocycles. The van der Waals surface area contributed by atoms with Crippen molar-refractivity contribution in [3.8, 4) is 0 Å². The van der Waals surface area contributed by atoms with Crippen LogP contribution in [0.1, 0.15) is 20.8 Å². The van der Waals surface area contributed by atoms with Crippen LogP contribution in [-0.4, -0.2) is 23.8 Å². The van der Waals surface area contributed by atoms with Crippen molar-refractivity contribution in [3.05, 3.63) is 0 Å². The van der Waals surface area contributed by atoms with Crippen LogP contribution in [-0.2, 0) is 9.53 Å². The minimum atomic E-state index is -0.498. The van der Waals surface area contributed by atoms with Crippen LogP contribution in [0.25, 0.3) is 0 Å². The van der Waals surface area contributed by atoms with Gasteiger partial charge in [-0.2, -0.15) is 0 Å². The molecule has 0 amide bonds. The van der Waals surface area contributed by atoms with Crippen LogP contribution in [0.2, 0.25) is 0 Å². The summed E-state index contributed by atoms with van der Waals surface area (Å²) < 4.78 is 4.80. The number of carbonyl (C=O) groups excluding carboxylic acids is 1. The van der Waals surface area contributed by atoms with Gasteiger partial charge in [0.25, 0.3) is 0 Å². The second-order valence-electron chi connectivity index (χ2n) is 2.66. The van der Waals surface area contributed by atoms with Crippen molar-refractivity contribution in [3.63, 3.8) is 0 Å². The average molecular weight is 187 g/mol. The Morgan fingerprint density at radius 2 is 2.25 bits per heavy atom. The van der Waals surface area contributed by atoms with Crippen LogP contribution in [0.3, 0.4) is 0 Å². The Hall–Kier alpha value is -0.730. The molecule has 0 fully saturated rings. The summed E-state index contributed by atoms with van der Waals surface area (Å²) in [5.74, 6) is -0.232. The van der Waals surface area contributed by atoms with E-state index in [1.165, 1.54) is 0 Å². The van der Waals surface area contributed by atoms with Gasteiger partial charge >= 0.3 is 5.97 Å². The zero-order chi connectivity index (χ0) is 9.56. The van der Waals surface area contributed by atoms with Crippen molar-refractivity contribution in [1.29, 1.82) is 0 Å². The second kappa shape index (κ2) is 5.86. The van der Waals surface area contributed by atoms with Crippen LogP contribution in [0, 0.1) is 5.92 Å². The van der Waals surface area contributed by atoms with Crippen molar-refractivity contribution in [2.75, 3.05) is 6.61 Å². The normalized spacial score (nSPS) is 12.0. The summed E-state index contributed by atoms with van der Waals surface area (Å²) in [6, 6.07) is -0.498. The van der Waals surface area contributed by atoms with Crippen LogP contribution < -0.4 is 0 Å². The summed E-state index contributed by atoms with van der Waals surface area (Å²) >= 11 is 4.43. The molecule has 0 aromatic heterocycles. The highest BCUT2D eigenvalue weighted by molar-refractivity contribution is 7.78. The molecule has 0 aliphatic rings.